The summed E-state index contributed by atoms with van der Waals surface area (Å²) in [6, 6.07) is 5.38. The molecular formula is C30H40ClN3O5. The summed E-state index contributed by atoms with van der Waals surface area (Å²) in [7, 11) is 1.69. The summed E-state index contributed by atoms with van der Waals surface area (Å²) >= 11 is 6.53. The van der Waals surface area contributed by atoms with Crippen LogP contribution >= 0.6 is 11.6 Å². The van der Waals surface area contributed by atoms with E-state index in [0.29, 0.717) is 36.5 Å². The number of carbonyl (C=O) groups is 3. The number of fused-ring (bicyclic) bond motifs is 1. The molecule has 1 aromatic rings. The number of carbonyl (C=O) groups excluding carboxylic acids is 3. The fraction of sp³-hybridized carbons (Fsp3) is 0.567. The summed E-state index contributed by atoms with van der Waals surface area (Å²) in [5.74, 6) is -2.59. The number of rotatable bonds is 11. The van der Waals surface area contributed by atoms with Gasteiger partial charge in [-0.25, -0.2) is 0 Å². The molecule has 8 nitrogen and oxygen atoms in total. The van der Waals surface area contributed by atoms with Gasteiger partial charge in [-0.2, -0.15) is 0 Å². The van der Waals surface area contributed by atoms with Crippen molar-refractivity contribution in [2.24, 2.45) is 17.8 Å². The third-order valence-electron chi connectivity index (χ3n) is 9.06. The topological polar surface area (TPSA) is 90.4 Å². The van der Waals surface area contributed by atoms with Gasteiger partial charge in [0.15, 0.2) is 0 Å². The van der Waals surface area contributed by atoms with E-state index in [9.17, 15) is 19.5 Å². The summed E-state index contributed by atoms with van der Waals surface area (Å²) in [5.41, 5.74) is -1.60. The Balaban J connectivity index is 1.89. The molecule has 4 rings (SSSR count). The van der Waals surface area contributed by atoms with Crippen molar-refractivity contribution in [3.05, 3.63) is 54.6 Å². The second kappa shape index (κ2) is 11.1. The van der Waals surface area contributed by atoms with Gasteiger partial charge in [0.2, 0.25) is 11.8 Å². The number of nitrogens with zero attached hydrogens (tertiary/aromatic N) is 3. The molecule has 212 valence electrons. The minimum Gasteiger partial charge on any atom is -0.394 e. The highest BCUT2D eigenvalue weighted by atomic mass is 35.5. The van der Waals surface area contributed by atoms with Crippen LogP contribution in [0.2, 0.25) is 5.02 Å². The fourth-order valence-electron chi connectivity index (χ4n) is 6.97. The number of halogens is 1. The van der Waals surface area contributed by atoms with Crippen LogP contribution in [0.4, 0.5) is 5.69 Å². The number of anilines is 1. The average molecular weight is 558 g/mol. The van der Waals surface area contributed by atoms with Crippen molar-refractivity contribution in [1.82, 2.24) is 9.80 Å². The number of aliphatic hydroxyl groups is 1. The van der Waals surface area contributed by atoms with E-state index >= 15 is 0 Å². The molecule has 0 saturated carbocycles. The molecule has 3 saturated heterocycles. The number of ether oxygens (including phenoxy) is 1. The number of likely N-dealkylation sites (N-methyl/N-ethyl adjacent to an activating group) is 1. The molecule has 1 aromatic carbocycles. The van der Waals surface area contributed by atoms with E-state index in [-0.39, 0.29) is 36.8 Å². The molecule has 2 bridgehead atoms. The van der Waals surface area contributed by atoms with Crippen molar-refractivity contribution in [1.29, 1.82) is 0 Å². The highest BCUT2D eigenvalue weighted by Crippen LogP contribution is 2.64. The number of hydrogen-bond donors (Lipinski definition) is 1. The van der Waals surface area contributed by atoms with E-state index in [1.807, 2.05) is 20.8 Å². The van der Waals surface area contributed by atoms with Crippen LogP contribution in [0.25, 0.3) is 0 Å². The molecule has 0 aliphatic carbocycles. The van der Waals surface area contributed by atoms with Crippen LogP contribution in [-0.4, -0.2) is 82.7 Å². The molecule has 3 fully saturated rings. The van der Waals surface area contributed by atoms with Crippen molar-refractivity contribution in [3.8, 4) is 0 Å². The highest BCUT2D eigenvalue weighted by molar-refractivity contribution is 6.34. The number of benzene rings is 1. The lowest BCUT2D eigenvalue weighted by atomic mass is 9.66. The zero-order valence-corrected chi connectivity index (χ0v) is 24.1. The molecule has 3 heterocycles. The van der Waals surface area contributed by atoms with Gasteiger partial charge < -0.3 is 24.5 Å². The van der Waals surface area contributed by atoms with Gasteiger partial charge in [-0.1, -0.05) is 56.2 Å². The van der Waals surface area contributed by atoms with E-state index in [1.54, 1.807) is 48.4 Å². The average Bonchev–Trinajstić information content (AvgIpc) is 3.48. The molecule has 9 heteroatoms. The number of likely N-dealkylation sites (tertiary alicyclic amines) is 1. The monoisotopic (exact) mass is 557 g/mol. The van der Waals surface area contributed by atoms with Gasteiger partial charge in [-0.15, -0.1) is 13.2 Å². The Hall–Kier alpha value is -2.68. The first-order chi connectivity index (χ1) is 18.5. The lowest BCUT2D eigenvalue weighted by molar-refractivity contribution is -0.152. The Morgan fingerprint density at radius 1 is 1.23 bits per heavy atom. The van der Waals surface area contributed by atoms with E-state index in [2.05, 4.69) is 13.2 Å². The standard InChI is InChI=1S/C30H40ClN3O5/c1-7-16-32(6)26(36)23-24-27(37)34(22(18-35)19(4)9-3)25(30(24)15-14-29(23,5)39-30)28(38)33(17-8-2)21-13-11-10-12-20(21)31/h7-8,10-13,19,22-25,35H,1-2,9,14-18H2,3-6H3/t19-,22-,23-,24-,25?,29+,30?/m0/s1. The molecule has 3 amide bonds. The van der Waals surface area contributed by atoms with E-state index in [1.165, 1.54) is 9.80 Å². The Labute approximate surface area is 236 Å². The van der Waals surface area contributed by atoms with E-state index in [4.69, 9.17) is 16.3 Å². The van der Waals surface area contributed by atoms with Gasteiger partial charge >= 0.3 is 0 Å². The van der Waals surface area contributed by atoms with Gasteiger partial charge in [0.25, 0.3) is 5.91 Å². The smallest absolute Gasteiger partial charge is 0.253 e. The largest absolute Gasteiger partial charge is 0.394 e. The third-order valence-corrected chi connectivity index (χ3v) is 9.38. The van der Waals surface area contributed by atoms with Crippen LogP contribution in [0.3, 0.4) is 0 Å². The first kappa shape index (κ1) is 29.3. The second-order valence-electron chi connectivity index (χ2n) is 11.3. The molecule has 39 heavy (non-hydrogen) atoms. The Kier molecular flexibility index (Phi) is 8.31. The second-order valence-corrected chi connectivity index (χ2v) is 11.7. The number of para-hydroxylation sites is 1. The van der Waals surface area contributed by atoms with Crippen molar-refractivity contribution >= 4 is 35.0 Å². The molecule has 2 unspecified atom stereocenters. The Bertz CT molecular complexity index is 1160. The Morgan fingerprint density at radius 2 is 1.90 bits per heavy atom. The quantitative estimate of drug-likeness (QED) is 0.419. The summed E-state index contributed by atoms with van der Waals surface area (Å²) in [5, 5.41) is 10.9. The number of hydrogen-bond acceptors (Lipinski definition) is 5. The van der Waals surface area contributed by atoms with Crippen LogP contribution < -0.4 is 4.90 Å². The highest BCUT2D eigenvalue weighted by Gasteiger charge is 2.79. The lowest BCUT2D eigenvalue weighted by Crippen LogP contribution is -2.60. The zero-order chi connectivity index (χ0) is 28.7. The lowest BCUT2D eigenvalue weighted by Gasteiger charge is -2.41. The summed E-state index contributed by atoms with van der Waals surface area (Å²) in [6.07, 6.45) is 4.93. The number of amides is 3. The van der Waals surface area contributed by atoms with Crippen LogP contribution in [0.5, 0.6) is 0 Å². The van der Waals surface area contributed by atoms with Gasteiger partial charge in [0.05, 0.1) is 40.8 Å². The summed E-state index contributed by atoms with van der Waals surface area (Å²) in [6.45, 7) is 13.6. The minimum atomic E-state index is -1.21. The molecule has 0 aromatic heterocycles. The minimum absolute atomic E-state index is 0.0944. The van der Waals surface area contributed by atoms with Crippen LogP contribution in [0, 0.1) is 17.8 Å². The molecule has 1 spiro atoms. The maximum Gasteiger partial charge on any atom is 0.253 e. The predicted octanol–water partition coefficient (Wildman–Crippen LogP) is 3.68. The van der Waals surface area contributed by atoms with Gasteiger partial charge in [0.1, 0.15) is 11.6 Å². The maximum absolute atomic E-state index is 14.7. The summed E-state index contributed by atoms with van der Waals surface area (Å²) in [4.78, 5) is 47.5. The van der Waals surface area contributed by atoms with Crippen molar-refractivity contribution in [2.75, 3.05) is 31.6 Å². The molecule has 3 aliphatic heterocycles. The normalized spacial score (nSPS) is 30.6. The zero-order valence-electron chi connectivity index (χ0n) is 23.3. The predicted molar refractivity (Wildman–Crippen MR) is 151 cm³/mol. The molecule has 0 radical (unpaired) electrons. The van der Waals surface area contributed by atoms with Gasteiger partial charge in [-0.3, -0.25) is 14.4 Å². The van der Waals surface area contributed by atoms with Crippen molar-refractivity contribution in [3.63, 3.8) is 0 Å². The summed E-state index contributed by atoms with van der Waals surface area (Å²) < 4.78 is 6.75. The molecule has 1 N–H and O–H groups in total. The van der Waals surface area contributed by atoms with Gasteiger partial charge in [0, 0.05) is 20.1 Å². The van der Waals surface area contributed by atoms with Crippen molar-refractivity contribution in [2.45, 2.75) is 63.3 Å². The fourth-order valence-corrected chi connectivity index (χ4v) is 7.20. The first-order valence-electron chi connectivity index (χ1n) is 13.7. The van der Waals surface area contributed by atoms with Crippen LogP contribution in [0.1, 0.15) is 40.0 Å². The SMILES string of the molecule is C=CCN(C)C(=O)[C@@H]1[C@H]2C(=O)N([C@@H](CO)[C@@H](C)CC)C(C(=O)N(CC=C)c3ccccc3Cl)C23CC[C@@]1(C)O3. The first-order valence-corrected chi connectivity index (χ1v) is 14.1. The van der Waals surface area contributed by atoms with E-state index in [0.717, 1.165) is 0 Å². The molecule has 3 aliphatic rings. The van der Waals surface area contributed by atoms with Crippen LogP contribution in [0.15, 0.2) is 49.6 Å². The Morgan fingerprint density at radius 3 is 2.49 bits per heavy atom. The van der Waals surface area contributed by atoms with Crippen LogP contribution in [-0.2, 0) is 19.1 Å². The van der Waals surface area contributed by atoms with Crippen molar-refractivity contribution < 1.29 is 24.2 Å². The third kappa shape index (κ3) is 4.50. The van der Waals surface area contributed by atoms with Gasteiger partial charge in [-0.05, 0) is 37.8 Å². The molecule has 7 atom stereocenters. The molecular weight excluding hydrogens is 518 g/mol. The maximum atomic E-state index is 14.7. The van der Waals surface area contributed by atoms with E-state index < -0.39 is 35.1 Å². The number of aliphatic hydroxyl groups excluding tert-OH is 1.